The molecule has 0 spiro atoms. The lowest BCUT2D eigenvalue weighted by Crippen LogP contribution is -2.23. The molecular formula is C20H16ClFN6O2. The number of hydrogen-bond donors (Lipinski definition) is 3. The van der Waals surface area contributed by atoms with E-state index in [-0.39, 0.29) is 6.54 Å². The van der Waals surface area contributed by atoms with E-state index in [0.29, 0.717) is 44.7 Å². The first-order valence-corrected chi connectivity index (χ1v) is 9.28. The topological polar surface area (TPSA) is 119 Å². The van der Waals surface area contributed by atoms with Crippen molar-refractivity contribution in [3.05, 3.63) is 82.3 Å². The summed E-state index contributed by atoms with van der Waals surface area (Å²) in [5.41, 5.74) is 7.43. The average Bonchev–Trinajstić information content (AvgIpc) is 3.33. The minimum atomic E-state index is -0.571. The van der Waals surface area contributed by atoms with Gasteiger partial charge >= 0.3 is 0 Å². The molecule has 0 unspecified atom stereocenters. The molecular weight excluding hydrogens is 411 g/mol. The Hall–Kier alpha value is -3.72. The fourth-order valence-electron chi connectivity index (χ4n) is 3.03. The van der Waals surface area contributed by atoms with Crippen molar-refractivity contribution in [1.29, 1.82) is 0 Å². The number of fused-ring (bicyclic) bond motifs is 1. The molecule has 4 N–H and O–H groups in total. The Labute approximate surface area is 174 Å². The zero-order valence-electron chi connectivity index (χ0n) is 15.5. The number of aromatic nitrogens is 4. The summed E-state index contributed by atoms with van der Waals surface area (Å²) >= 11 is 6.08. The fraction of sp³-hybridized carbons (Fsp3) is 0.100. The van der Waals surface area contributed by atoms with Gasteiger partial charge in [0, 0.05) is 47.8 Å². The highest BCUT2D eigenvalue weighted by molar-refractivity contribution is 6.35. The summed E-state index contributed by atoms with van der Waals surface area (Å²) in [5, 5.41) is 7.90. The molecule has 0 bridgehead atoms. The Kier molecular flexibility index (Phi) is 5.20. The van der Waals surface area contributed by atoms with Crippen LogP contribution in [0.2, 0.25) is 5.02 Å². The van der Waals surface area contributed by atoms with Gasteiger partial charge in [0.25, 0.3) is 11.8 Å². The van der Waals surface area contributed by atoms with E-state index < -0.39 is 17.6 Å². The van der Waals surface area contributed by atoms with Gasteiger partial charge < -0.3 is 16.0 Å². The molecule has 8 nitrogen and oxygen atoms in total. The Balaban J connectivity index is 1.46. The molecule has 0 fully saturated rings. The highest BCUT2D eigenvalue weighted by Gasteiger charge is 2.12. The number of nitrogens with one attached hydrogen (secondary N) is 2. The maximum atomic E-state index is 14.3. The van der Waals surface area contributed by atoms with Gasteiger partial charge in [-0.3, -0.25) is 19.3 Å². The van der Waals surface area contributed by atoms with Crippen molar-refractivity contribution in [3.63, 3.8) is 0 Å². The minimum Gasteiger partial charge on any atom is -0.366 e. The Morgan fingerprint density at radius 3 is 2.80 bits per heavy atom. The summed E-state index contributed by atoms with van der Waals surface area (Å²) < 4.78 is 15.8. The first kappa shape index (κ1) is 19.6. The number of H-pyrrole nitrogens is 1. The van der Waals surface area contributed by atoms with Gasteiger partial charge in [-0.25, -0.2) is 4.39 Å². The number of pyridine rings is 1. The number of aromatic amines is 1. The molecule has 0 atom stereocenters. The summed E-state index contributed by atoms with van der Waals surface area (Å²) in [7, 11) is 0. The molecule has 3 heterocycles. The first-order chi connectivity index (χ1) is 14.4. The number of amides is 2. The fourth-order valence-corrected chi connectivity index (χ4v) is 3.24. The second-order valence-corrected chi connectivity index (χ2v) is 7.09. The van der Waals surface area contributed by atoms with Crippen LogP contribution >= 0.6 is 11.6 Å². The number of nitrogens with two attached hydrogens (primary N) is 1. The molecule has 4 rings (SSSR count). The summed E-state index contributed by atoms with van der Waals surface area (Å²) in [6, 6.07) is 4.60. The van der Waals surface area contributed by atoms with Crippen LogP contribution in [0.15, 0.2) is 49.2 Å². The van der Waals surface area contributed by atoms with Crippen LogP contribution in [-0.2, 0) is 13.1 Å². The van der Waals surface area contributed by atoms with Crippen LogP contribution in [-0.4, -0.2) is 31.6 Å². The number of primary amides is 1. The molecule has 0 aliphatic carbocycles. The summed E-state index contributed by atoms with van der Waals surface area (Å²) in [4.78, 5) is 30.6. The van der Waals surface area contributed by atoms with Gasteiger partial charge in [-0.05, 0) is 23.8 Å². The number of carbonyl (C=O) groups excluding carboxylic acids is 2. The molecule has 0 saturated heterocycles. The maximum absolute atomic E-state index is 14.3. The van der Waals surface area contributed by atoms with E-state index in [1.165, 1.54) is 29.3 Å². The van der Waals surface area contributed by atoms with E-state index in [9.17, 15) is 14.0 Å². The van der Waals surface area contributed by atoms with E-state index in [4.69, 9.17) is 17.3 Å². The van der Waals surface area contributed by atoms with Crippen LogP contribution < -0.4 is 11.1 Å². The smallest absolute Gasteiger partial charge is 0.253 e. The molecule has 0 radical (unpaired) electrons. The molecule has 0 saturated carbocycles. The van der Waals surface area contributed by atoms with Gasteiger partial charge in [-0.2, -0.15) is 5.10 Å². The van der Waals surface area contributed by atoms with Crippen molar-refractivity contribution in [2.24, 2.45) is 5.73 Å². The van der Waals surface area contributed by atoms with Gasteiger partial charge in [0.15, 0.2) is 0 Å². The number of carbonyl (C=O) groups is 2. The Morgan fingerprint density at radius 2 is 2.03 bits per heavy atom. The van der Waals surface area contributed by atoms with Crippen LogP contribution in [0.1, 0.15) is 31.8 Å². The summed E-state index contributed by atoms with van der Waals surface area (Å²) in [6.07, 6.45) is 7.47. The first-order valence-electron chi connectivity index (χ1n) is 8.90. The predicted octanol–water partition coefficient (Wildman–Crippen LogP) is 2.63. The SMILES string of the molecule is NC(=O)c1cnn(Cc2cncc(C(=O)NCc3cc4c(Cl)c[nH]c4cc3F)c2)c1. The Bertz CT molecular complexity index is 1270. The zero-order chi connectivity index (χ0) is 21.3. The molecule has 10 heteroatoms. The van der Waals surface area contributed by atoms with E-state index in [0.717, 1.165) is 0 Å². The summed E-state index contributed by atoms with van der Waals surface area (Å²) in [5.74, 6) is -1.42. The van der Waals surface area contributed by atoms with Gasteiger partial charge in [0.1, 0.15) is 5.82 Å². The third-order valence-corrected chi connectivity index (χ3v) is 4.87. The van der Waals surface area contributed by atoms with Crippen LogP contribution in [0.3, 0.4) is 0 Å². The van der Waals surface area contributed by atoms with Gasteiger partial charge in [-0.15, -0.1) is 0 Å². The molecule has 0 aliphatic rings. The molecule has 2 amide bonds. The maximum Gasteiger partial charge on any atom is 0.253 e. The second kappa shape index (κ2) is 7.96. The number of halogens is 2. The van der Waals surface area contributed by atoms with E-state index in [2.05, 4.69) is 20.4 Å². The van der Waals surface area contributed by atoms with Crippen molar-refractivity contribution in [2.45, 2.75) is 13.1 Å². The Morgan fingerprint density at radius 1 is 1.20 bits per heavy atom. The zero-order valence-corrected chi connectivity index (χ0v) is 16.3. The lowest BCUT2D eigenvalue weighted by molar-refractivity contribution is 0.0949. The molecule has 30 heavy (non-hydrogen) atoms. The van der Waals surface area contributed by atoms with E-state index >= 15 is 0 Å². The molecule has 4 aromatic rings. The number of rotatable bonds is 6. The number of benzene rings is 1. The predicted molar refractivity (Wildman–Crippen MR) is 109 cm³/mol. The monoisotopic (exact) mass is 426 g/mol. The number of nitrogens with zero attached hydrogens (tertiary/aromatic N) is 3. The normalized spacial score (nSPS) is 11.0. The largest absolute Gasteiger partial charge is 0.366 e. The van der Waals surface area contributed by atoms with E-state index in [1.54, 1.807) is 24.5 Å². The standard InChI is InChI=1S/C20H16ClFN6O2/c21-16-8-25-18-3-17(22)12(2-15(16)18)6-26-20(30)13-1-11(4-24-5-13)9-28-10-14(7-27-28)19(23)29/h1-5,7-8,10,25H,6,9H2,(H2,23,29)(H,26,30). The van der Waals surface area contributed by atoms with Gasteiger partial charge in [0.2, 0.25) is 0 Å². The molecule has 0 aliphatic heterocycles. The van der Waals surface area contributed by atoms with Crippen LogP contribution in [0.25, 0.3) is 10.9 Å². The van der Waals surface area contributed by atoms with Gasteiger partial charge in [0.05, 0.1) is 28.9 Å². The van der Waals surface area contributed by atoms with Gasteiger partial charge in [-0.1, -0.05) is 11.6 Å². The molecule has 3 aromatic heterocycles. The van der Waals surface area contributed by atoms with Crippen LogP contribution in [0.4, 0.5) is 4.39 Å². The summed E-state index contributed by atoms with van der Waals surface area (Å²) in [6.45, 7) is 0.298. The van der Waals surface area contributed by atoms with Crippen molar-refractivity contribution in [3.8, 4) is 0 Å². The second-order valence-electron chi connectivity index (χ2n) is 6.68. The van der Waals surface area contributed by atoms with Crippen LogP contribution in [0.5, 0.6) is 0 Å². The van der Waals surface area contributed by atoms with Crippen LogP contribution in [0, 0.1) is 5.82 Å². The molecule has 152 valence electrons. The lowest BCUT2D eigenvalue weighted by Gasteiger charge is -2.08. The lowest BCUT2D eigenvalue weighted by atomic mass is 10.1. The van der Waals surface area contributed by atoms with E-state index in [1.807, 2.05) is 0 Å². The van der Waals surface area contributed by atoms with Crippen molar-refractivity contribution in [2.75, 3.05) is 0 Å². The third kappa shape index (κ3) is 4.01. The van der Waals surface area contributed by atoms with Crippen molar-refractivity contribution >= 4 is 34.3 Å². The number of hydrogen-bond acceptors (Lipinski definition) is 4. The van der Waals surface area contributed by atoms with Crippen molar-refractivity contribution in [1.82, 2.24) is 25.1 Å². The molecule has 1 aromatic carbocycles. The quantitative estimate of drug-likeness (QED) is 0.439. The highest BCUT2D eigenvalue weighted by Crippen LogP contribution is 2.25. The third-order valence-electron chi connectivity index (χ3n) is 4.56. The van der Waals surface area contributed by atoms with Crippen molar-refractivity contribution < 1.29 is 14.0 Å². The minimum absolute atomic E-state index is 0.00648. The average molecular weight is 427 g/mol. The highest BCUT2D eigenvalue weighted by atomic mass is 35.5.